The molecule has 6 heteroatoms. The summed E-state index contributed by atoms with van der Waals surface area (Å²) in [5.74, 6) is 0. The first-order chi connectivity index (χ1) is 13.8. The Labute approximate surface area is 197 Å². The van der Waals surface area contributed by atoms with E-state index in [0.717, 1.165) is 24.0 Å². The van der Waals surface area contributed by atoms with Gasteiger partial charge in [0.2, 0.25) is 0 Å². The third kappa shape index (κ3) is 8.09. The molecule has 0 fully saturated rings. The van der Waals surface area contributed by atoms with Crippen LogP contribution in [0, 0.1) is 20.8 Å². The number of hydrogen-bond donors (Lipinski definition) is 2. The third-order valence-electron chi connectivity index (χ3n) is 5.18. The molecular weight excluding hydrogens is 537 g/mol. The van der Waals surface area contributed by atoms with Crippen LogP contribution in [0.2, 0.25) is 0 Å². The van der Waals surface area contributed by atoms with Gasteiger partial charge in [-0.2, -0.15) is 0 Å². The Morgan fingerprint density at radius 3 is 1.69 bits per heavy atom. The van der Waals surface area contributed by atoms with E-state index in [-0.39, 0.29) is 12.1 Å². The van der Waals surface area contributed by atoms with Crippen LogP contribution < -0.4 is 11.5 Å². The maximum atomic E-state index is 6.52. The molecule has 0 heterocycles. The second-order valence-electron chi connectivity index (χ2n) is 7.36. The molecule has 0 amide bonds. The number of nitrogens with two attached hydrogens (primary N) is 2. The van der Waals surface area contributed by atoms with Crippen molar-refractivity contribution in [3.8, 4) is 0 Å². The number of aryl methyl sites for hydroxylation is 5. The second kappa shape index (κ2) is 14.0. The zero-order valence-electron chi connectivity index (χ0n) is 18.1. The Kier molecular flexibility index (Phi) is 12.9. The van der Waals surface area contributed by atoms with Gasteiger partial charge >= 0.3 is 39.5 Å². The standard InChI is InChI=1S/C23H34N3.2BrH.Co/c1-6-18-9-8-10-19(7-2)23(18)21(25)14-26-13-20(24)22-16(4)11-15(3)12-17(22)5;;;/h8-12,20-21H,6-7,13-14,24-25H2,1-5H3;2*1H;/q-1;;;+3/p-2. The first kappa shape index (κ1) is 26.8. The van der Waals surface area contributed by atoms with Crippen LogP contribution in [0.1, 0.15) is 64.9 Å². The molecule has 2 aromatic rings. The molecule has 0 saturated carbocycles. The molecule has 0 radical (unpaired) electrons. The molecular formula is C23H34Br2CoN3. The number of nitrogens with zero attached hydrogens (tertiary/aromatic N) is 1. The third-order valence-corrected chi connectivity index (χ3v) is 5.18. The predicted molar refractivity (Wildman–Crippen MR) is 131 cm³/mol. The van der Waals surface area contributed by atoms with Gasteiger partial charge in [0.25, 0.3) is 0 Å². The molecule has 2 unspecified atom stereocenters. The molecule has 2 aromatic carbocycles. The van der Waals surface area contributed by atoms with Gasteiger partial charge in [-0.15, -0.1) is 13.1 Å². The Hall–Kier alpha value is -0.214. The second-order valence-corrected chi connectivity index (χ2v) is 12.6. The summed E-state index contributed by atoms with van der Waals surface area (Å²) < 4.78 is 0. The van der Waals surface area contributed by atoms with Gasteiger partial charge in [-0.1, -0.05) is 49.7 Å². The van der Waals surface area contributed by atoms with Gasteiger partial charge in [0, 0.05) is 12.1 Å². The zero-order chi connectivity index (χ0) is 22.0. The molecule has 0 spiro atoms. The average Bonchev–Trinajstić information content (AvgIpc) is 2.66. The van der Waals surface area contributed by atoms with Crippen LogP contribution in [0.25, 0.3) is 5.32 Å². The van der Waals surface area contributed by atoms with E-state index in [1.54, 1.807) is 0 Å². The van der Waals surface area contributed by atoms with Crippen LogP contribution >= 0.6 is 28.3 Å². The maximum absolute atomic E-state index is 6.52. The Bertz CT molecular complexity index is 723. The molecule has 0 aliphatic heterocycles. The predicted octanol–water partition coefficient (Wildman–Crippen LogP) is 6.50. The monoisotopic (exact) mass is 569 g/mol. The average molecular weight is 571 g/mol. The van der Waals surface area contributed by atoms with Gasteiger partial charge < -0.3 is 16.8 Å². The molecule has 164 valence electrons. The summed E-state index contributed by atoms with van der Waals surface area (Å²) in [6.45, 7) is 12.0. The summed E-state index contributed by atoms with van der Waals surface area (Å²) in [6, 6.07) is 10.7. The Balaban J connectivity index is 0.00000132. The van der Waals surface area contributed by atoms with Crippen LogP contribution in [0.4, 0.5) is 0 Å². The van der Waals surface area contributed by atoms with E-state index in [0.29, 0.717) is 13.1 Å². The zero-order valence-corrected chi connectivity index (χ0v) is 22.3. The van der Waals surface area contributed by atoms with E-state index in [4.69, 9.17) is 16.8 Å². The summed E-state index contributed by atoms with van der Waals surface area (Å²) in [4.78, 5) is 0. The molecule has 2 atom stereocenters. The van der Waals surface area contributed by atoms with Gasteiger partial charge in [0.15, 0.2) is 0 Å². The van der Waals surface area contributed by atoms with Crippen molar-refractivity contribution in [3.63, 3.8) is 0 Å². The van der Waals surface area contributed by atoms with Crippen molar-refractivity contribution < 1.29 is 11.1 Å². The van der Waals surface area contributed by atoms with E-state index in [1.807, 2.05) is 0 Å². The molecule has 0 aliphatic carbocycles. The van der Waals surface area contributed by atoms with Crippen LogP contribution in [0.3, 0.4) is 0 Å². The van der Waals surface area contributed by atoms with E-state index < -0.39 is 0 Å². The van der Waals surface area contributed by atoms with Crippen molar-refractivity contribution >= 4 is 28.3 Å². The quantitative estimate of drug-likeness (QED) is 0.380. The van der Waals surface area contributed by atoms with Crippen LogP contribution in [0.15, 0.2) is 30.3 Å². The van der Waals surface area contributed by atoms with E-state index in [9.17, 15) is 0 Å². The summed E-state index contributed by atoms with van der Waals surface area (Å²) >= 11 is 7.12. The minimum atomic E-state index is -0.0742. The van der Waals surface area contributed by atoms with Crippen LogP contribution in [0.5, 0.6) is 0 Å². The molecule has 3 nitrogen and oxygen atoms in total. The summed E-state index contributed by atoms with van der Waals surface area (Å²) in [6.07, 6.45) is 2.00. The number of benzene rings is 2. The van der Waals surface area contributed by atoms with Crippen LogP contribution in [-0.4, -0.2) is 13.1 Å². The van der Waals surface area contributed by atoms with Crippen molar-refractivity contribution in [3.05, 3.63) is 74.6 Å². The molecule has 2 rings (SSSR count). The number of halogens is 2. The van der Waals surface area contributed by atoms with E-state index in [2.05, 4.69) is 93.3 Å². The topological polar surface area (TPSA) is 66.1 Å². The Morgan fingerprint density at radius 1 is 0.862 bits per heavy atom. The van der Waals surface area contributed by atoms with E-state index in [1.165, 1.54) is 38.9 Å². The van der Waals surface area contributed by atoms with Gasteiger partial charge in [-0.3, -0.25) is 0 Å². The van der Waals surface area contributed by atoms with Gasteiger partial charge in [0.05, 0.1) is 0 Å². The molecule has 0 bridgehead atoms. The van der Waals surface area contributed by atoms with Crippen molar-refractivity contribution in [2.75, 3.05) is 13.1 Å². The van der Waals surface area contributed by atoms with Crippen molar-refractivity contribution in [1.82, 2.24) is 0 Å². The van der Waals surface area contributed by atoms with Gasteiger partial charge in [0.1, 0.15) is 0 Å². The van der Waals surface area contributed by atoms with Crippen LogP contribution in [-0.2, 0) is 24.0 Å². The first-order valence-corrected chi connectivity index (χ1v) is 15.1. The molecule has 0 saturated heterocycles. The first-order valence-electron chi connectivity index (χ1n) is 9.96. The number of rotatable bonds is 8. The fraction of sp³-hybridized carbons (Fsp3) is 0.478. The fourth-order valence-corrected chi connectivity index (χ4v) is 4.07. The van der Waals surface area contributed by atoms with Crippen molar-refractivity contribution in [2.45, 2.75) is 59.5 Å². The van der Waals surface area contributed by atoms with E-state index >= 15 is 0 Å². The summed E-state index contributed by atoms with van der Waals surface area (Å²) in [5, 5.41) is 4.73. The molecule has 0 aromatic heterocycles. The fourth-order valence-electron chi connectivity index (χ4n) is 4.07. The van der Waals surface area contributed by atoms with Crippen molar-refractivity contribution in [2.24, 2.45) is 11.5 Å². The van der Waals surface area contributed by atoms with Crippen molar-refractivity contribution in [1.29, 1.82) is 0 Å². The van der Waals surface area contributed by atoms with Gasteiger partial charge in [-0.25, -0.2) is 0 Å². The minimum absolute atomic E-state index is 0.0616. The van der Waals surface area contributed by atoms with Gasteiger partial charge in [-0.05, 0) is 67.0 Å². The molecule has 29 heavy (non-hydrogen) atoms. The summed E-state index contributed by atoms with van der Waals surface area (Å²) in [5.41, 5.74) is 21.9. The molecule has 4 N–H and O–H groups in total. The normalized spacial score (nSPS) is 13.0. The molecule has 0 aliphatic rings. The Morgan fingerprint density at radius 2 is 1.28 bits per heavy atom. The summed E-state index contributed by atoms with van der Waals surface area (Å²) in [7, 11) is 0. The number of hydrogen-bond acceptors (Lipinski definition) is 2. The SMILES string of the molecule is CCc1cccc(CC)c1C(N)C[N-]CC(N)c1c(C)cc(C)cc1C.[Br][Co+][Br].